The van der Waals surface area contributed by atoms with Crippen molar-refractivity contribution in [3.8, 4) is 6.07 Å². The second kappa shape index (κ2) is 4.10. The van der Waals surface area contributed by atoms with Crippen LogP contribution in [0.15, 0.2) is 12.2 Å². The third kappa shape index (κ3) is 2.28. The standard InChI is InChI=1S/C17H23NO3/c1-12(2)13(19)21-11-16-5-14(3)4-15(7-16,10-18)8-17(20,6-14)9-16/h20H,1,4-9,11H2,2-3H3. The van der Waals surface area contributed by atoms with Gasteiger partial charge in [-0.2, -0.15) is 5.26 Å². The van der Waals surface area contributed by atoms with Gasteiger partial charge in [0.1, 0.15) is 0 Å². The monoisotopic (exact) mass is 289 g/mol. The Kier molecular flexibility index (Phi) is 2.85. The summed E-state index contributed by atoms with van der Waals surface area (Å²) in [7, 11) is 0. The number of esters is 1. The average molecular weight is 289 g/mol. The molecule has 0 aromatic heterocycles. The van der Waals surface area contributed by atoms with E-state index in [4.69, 9.17) is 4.74 Å². The number of hydrogen-bond donors (Lipinski definition) is 1. The summed E-state index contributed by atoms with van der Waals surface area (Å²) in [6.45, 7) is 7.69. The van der Waals surface area contributed by atoms with Gasteiger partial charge in [-0.25, -0.2) is 4.79 Å². The van der Waals surface area contributed by atoms with E-state index >= 15 is 0 Å². The summed E-state index contributed by atoms with van der Waals surface area (Å²) in [4.78, 5) is 11.7. The fourth-order valence-corrected chi connectivity index (χ4v) is 5.93. The fourth-order valence-electron chi connectivity index (χ4n) is 5.93. The first-order valence-corrected chi connectivity index (χ1v) is 7.59. The molecule has 0 aromatic rings. The van der Waals surface area contributed by atoms with Crippen molar-refractivity contribution >= 4 is 5.97 Å². The number of carbonyl (C=O) groups is 1. The van der Waals surface area contributed by atoms with Crippen LogP contribution in [0.1, 0.15) is 52.4 Å². The lowest BCUT2D eigenvalue weighted by Gasteiger charge is -2.66. The Morgan fingerprint density at radius 1 is 1.29 bits per heavy atom. The van der Waals surface area contributed by atoms with E-state index in [0.29, 0.717) is 25.0 Å². The number of nitrogens with zero attached hydrogens (tertiary/aromatic N) is 1. The molecule has 4 saturated carbocycles. The van der Waals surface area contributed by atoms with Gasteiger partial charge in [-0.05, 0) is 50.9 Å². The number of nitriles is 1. The van der Waals surface area contributed by atoms with E-state index in [2.05, 4.69) is 19.6 Å². The third-order valence-corrected chi connectivity index (χ3v) is 5.50. The highest BCUT2D eigenvalue weighted by Crippen LogP contribution is 2.70. The molecule has 4 aliphatic rings. The number of carbonyl (C=O) groups excluding carboxylic acids is 1. The zero-order valence-electron chi connectivity index (χ0n) is 12.9. The summed E-state index contributed by atoms with van der Waals surface area (Å²) >= 11 is 0. The molecule has 0 radical (unpaired) electrons. The molecule has 4 unspecified atom stereocenters. The zero-order chi connectivity index (χ0) is 15.5. The first kappa shape index (κ1) is 14.6. The molecule has 0 amide bonds. The summed E-state index contributed by atoms with van der Waals surface area (Å²) in [5, 5.41) is 20.6. The van der Waals surface area contributed by atoms with E-state index in [1.54, 1.807) is 6.92 Å². The summed E-state index contributed by atoms with van der Waals surface area (Å²) in [5.74, 6) is -0.381. The molecule has 114 valence electrons. The van der Waals surface area contributed by atoms with Crippen LogP contribution in [0, 0.1) is 27.6 Å². The molecule has 0 heterocycles. The Balaban J connectivity index is 1.88. The van der Waals surface area contributed by atoms with Crippen LogP contribution in [0.5, 0.6) is 0 Å². The lowest BCUT2D eigenvalue weighted by Crippen LogP contribution is -2.64. The van der Waals surface area contributed by atoms with Crippen LogP contribution in [0.3, 0.4) is 0 Å². The Labute approximate surface area is 125 Å². The molecule has 4 atom stereocenters. The van der Waals surface area contributed by atoms with Gasteiger partial charge in [0.25, 0.3) is 0 Å². The summed E-state index contributed by atoms with van der Waals surface area (Å²) < 4.78 is 5.41. The lowest BCUT2D eigenvalue weighted by atomic mass is 9.39. The van der Waals surface area contributed by atoms with E-state index in [1.807, 2.05) is 0 Å². The van der Waals surface area contributed by atoms with Crippen molar-refractivity contribution in [3.05, 3.63) is 12.2 Å². The Bertz CT molecular complexity index is 541. The van der Waals surface area contributed by atoms with Crippen molar-refractivity contribution in [2.24, 2.45) is 16.2 Å². The maximum atomic E-state index is 11.7. The van der Waals surface area contributed by atoms with Crippen molar-refractivity contribution in [1.82, 2.24) is 0 Å². The smallest absolute Gasteiger partial charge is 0.333 e. The third-order valence-electron chi connectivity index (χ3n) is 5.50. The van der Waals surface area contributed by atoms with Crippen LogP contribution < -0.4 is 0 Å². The summed E-state index contributed by atoms with van der Waals surface area (Å²) in [5.41, 5.74) is -1.10. The SMILES string of the molecule is C=C(C)C(=O)OCC12CC3(C)CC(O)(CC(C#N)(C3)C1)C2. The highest BCUT2D eigenvalue weighted by atomic mass is 16.5. The molecule has 4 bridgehead atoms. The molecule has 1 N–H and O–H groups in total. The summed E-state index contributed by atoms with van der Waals surface area (Å²) in [6, 6.07) is 2.48. The van der Waals surface area contributed by atoms with Gasteiger partial charge in [-0.3, -0.25) is 0 Å². The normalized spacial score (nSPS) is 47.0. The van der Waals surface area contributed by atoms with Crippen LogP contribution in [-0.4, -0.2) is 23.3 Å². The van der Waals surface area contributed by atoms with Gasteiger partial charge < -0.3 is 9.84 Å². The van der Waals surface area contributed by atoms with Gasteiger partial charge in [0.15, 0.2) is 0 Å². The second-order valence-corrected chi connectivity index (χ2v) is 8.34. The summed E-state index contributed by atoms with van der Waals surface area (Å²) in [6.07, 6.45) is 4.49. The number of hydrogen-bond acceptors (Lipinski definition) is 4. The molecule has 4 rings (SSSR count). The van der Waals surface area contributed by atoms with Gasteiger partial charge in [0.05, 0.1) is 23.7 Å². The topological polar surface area (TPSA) is 70.3 Å². The van der Waals surface area contributed by atoms with E-state index < -0.39 is 11.0 Å². The molecule has 0 saturated heterocycles. The van der Waals surface area contributed by atoms with E-state index in [-0.39, 0.29) is 16.8 Å². The highest BCUT2D eigenvalue weighted by Gasteiger charge is 2.67. The van der Waals surface area contributed by atoms with Gasteiger partial charge in [-0.15, -0.1) is 0 Å². The molecule has 0 spiro atoms. The Hall–Kier alpha value is -1.34. The molecule has 4 heteroatoms. The number of aliphatic hydroxyl groups is 1. The average Bonchev–Trinajstić information content (AvgIpc) is 2.31. The lowest BCUT2D eigenvalue weighted by molar-refractivity contribution is -0.226. The maximum absolute atomic E-state index is 11.7. The van der Waals surface area contributed by atoms with Crippen molar-refractivity contribution in [1.29, 1.82) is 5.26 Å². The van der Waals surface area contributed by atoms with Crippen molar-refractivity contribution in [2.45, 2.75) is 58.0 Å². The second-order valence-electron chi connectivity index (χ2n) is 8.34. The first-order chi connectivity index (χ1) is 9.63. The molecular weight excluding hydrogens is 266 g/mol. The molecular formula is C17H23NO3. The van der Waals surface area contributed by atoms with Crippen molar-refractivity contribution in [2.75, 3.05) is 6.61 Å². The van der Waals surface area contributed by atoms with Crippen molar-refractivity contribution in [3.63, 3.8) is 0 Å². The molecule has 21 heavy (non-hydrogen) atoms. The van der Waals surface area contributed by atoms with E-state index in [1.165, 1.54) is 0 Å². The fraction of sp³-hybridized carbons (Fsp3) is 0.765. The van der Waals surface area contributed by atoms with Gasteiger partial charge >= 0.3 is 5.97 Å². The molecule has 4 fully saturated rings. The van der Waals surface area contributed by atoms with Crippen LogP contribution in [-0.2, 0) is 9.53 Å². The van der Waals surface area contributed by atoms with Crippen LogP contribution >= 0.6 is 0 Å². The minimum absolute atomic E-state index is 0.0190. The quantitative estimate of drug-likeness (QED) is 0.640. The molecule has 4 aliphatic carbocycles. The predicted molar refractivity (Wildman–Crippen MR) is 77.0 cm³/mol. The Morgan fingerprint density at radius 3 is 2.57 bits per heavy atom. The van der Waals surface area contributed by atoms with E-state index in [9.17, 15) is 15.2 Å². The maximum Gasteiger partial charge on any atom is 0.333 e. The molecule has 0 aromatic carbocycles. The van der Waals surface area contributed by atoms with Gasteiger partial charge in [0, 0.05) is 11.0 Å². The largest absolute Gasteiger partial charge is 0.462 e. The number of ether oxygens (including phenoxy) is 1. The van der Waals surface area contributed by atoms with Crippen LogP contribution in [0.2, 0.25) is 0 Å². The molecule has 4 nitrogen and oxygen atoms in total. The van der Waals surface area contributed by atoms with Crippen LogP contribution in [0.4, 0.5) is 0 Å². The molecule has 0 aliphatic heterocycles. The zero-order valence-corrected chi connectivity index (χ0v) is 12.9. The predicted octanol–water partition coefficient (Wildman–Crippen LogP) is 2.72. The van der Waals surface area contributed by atoms with E-state index in [0.717, 1.165) is 25.7 Å². The highest BCUT2D eigenvalue weighted by molar-refractivity contribution is 5.86. The first-order valence-electron chi connectivity index (χ1n) is 7.59. The van der Waals surface area contributed by atoms with Crippen molar-refractivity contribution < 1.29 is 14.6 Å². The minimum atomic E-state index is -0.769. The van der Waals surface area contributed by atoms with Gasteiger partial charge in [-0.1, -0.05) is 13.5 Å². The van der Waals surface area contributed by atoms with Gasteiger partial charge in [0.2, 0.25) is 0 Å². The Morgan fingerprint density at radius 2 is 2.00 bits per heavy atom. The minimum Gasteiger partial charge on any atom is -0.462 e. The number of rotatable bonds is 3. The van der Waals surface area contributed by atoms with Crippen LogP contribution in [0.25, 0.3) is 0 Å².